The Kier molecular flexibility index (Phi) is 5.62. The average molecular weight is 406 g/mol. The summed E-state index contributed by atoms with van der Waals surface area (Å²) < 4.78 is 13.0. The van der Waals surface area contributed by atoms with Gasteiger partial charge in [0.25, 0.3) is 5.91 Å². The zero-order chi connectivity index (χ0) is 20.2. The SMILES string of the molecule is O=C(NCc1ccc(F)cc1)c1ccc2c(c1)N(Cc1ccccc1)C(=O)CS2. The van der Waals surface area contributed by atoms with Crippen molar-refractivity contribution in [3.63, 3.8) is 0 Å². The number of fused-ring (bicyclic) bond motifs is 1. The predicted molar refractivity (Wildman–Crippen MR) is 112 cm³/mol. The van der Waals surface area contributed by atoms with Crippen molar-refractivity contribution in [2.75, 3.05) is 10.7 Å². The molecule has 0 bridgehead atoms. The number of amides is 2. The van der Waals surface area contributed by atoms with Crippen LogP contribution in [0, 0.1) is 5.82 Å². The van der Waals surface area contributed by atoms with E-state index in [1.54, 1.807) is 29.2 Å². The largest absolute Gasteiger partial charge is 0.348 e. The van der Waals surface area contributed by atoms with E-state index < -0.39 is 0 Å². The monoisotopic (exact) mass is 406 g/mol. The lowest BCUT2D eigenvalue weighted by molar-refractivity contribution is -0.116. The van der Waals surface area contributed by atoms with Crippen LogP contribution in [0.2, 0.25) is 0 Å². The first-order valence-electron chi connectivity index (χ1n) is 9.24. The topological polar surface area (TPSA) is 49.4 Å². The maximum Gasteiger partial charge on any atom is 0.251 e. The molecule has 0 atom stereocenters. The van der Waals surface area contributed by atoms with E-state index in [0.717, 1.165) is 21.7 Å². The van der Waals surface area contributed by atoms with E-state index in [9.17, 15) is 14.0 Å². The summed E-state index contributed by atoms with van der Waals surface area (Å²) in [5, 5.41) is 2.85. The first-order valence-corrected chi connectivity index (χ1v) is 10.2. The zero-order valence-electron chi connectivity index (χ0n) is 15.6. The van der Waals surface area contributed by atoms with Gasteiger partial charge in [-0.05, 0) is 41.5 Å². The van der Waals surface area contributed by atoms with E-state index in [2.05, 4.69) is 5.32 Å². The van der Waals surface area contributed by atoms with Crippen LogP contribution in [0.3, 0.4) is 0 Å². The van der Waals surface area contributed by atoms with Gasteiger partial charge < -0.3 is 10.2 Å². The van der Waals surface area contributed by atoms with Gasteiger partial charge in [-0.15, -0.1) is 11.8 Å². The third-order valence-electron chi connectivity index (χ3n) is 4.71. The number of thioether (sulfide) groups is 1. The Hall–Kier alpha value is -3.12. The zero-order valence-corrected chi connectivity index (χ0v) is 16.4. The minimum atomic E-state index is -0.310. The molecule has 0 aliphatic carbocycles. The number of carbonyl (C=O) groups excluding carboxylic acids is 2. The molecular weight excluding hydrogens is 387 g/mol. The Morgan fingerprint density at radius 2 is 1.76 bits per heavy atom. The summed E-state index contributed by atoms with van der Waals surface area (Å²) in [6, 6.07) is 21.2. The van der Waals surface area contributed by atoms with Crippen molar-refractivity contribution in [1.29, 1.82) is 0 Å². The number of halogens is 1. The van der Waals surface area contributed by atoms with Crippen LogP contribution in [0.25, 0.3) is 0 Å². The van der Waals surface area contributed by atoms with E-state index in [1.807, 2.05) is 36.4 Å². The number of nitrogens with one attached hydrogen (secondary N) is 1. The van der Waals surface area contributed by atoms with E-state index in [-0.39, 0.29) is 17.6 Å². The minimum absolute atomic E-state index is 0.0234. The summed E-state index contributed by atoms with van der Waals surface area (Å²) in [4.78, 5) is 27.9. The number of carbonyl (C=O) groups is 2. The molecule has 146 valence electrons. The Bertz CT molecular complexity index is 1040. The van der Waals surface area contributed by atoms with Crippen molar-refractivity contribution in [3.8, 4) is 0 Å². The molecule has 0 fully saturated rings. The van der Waals surface area contributed by atoms with Crippen molar-refractivity contribution in [1.82, 2.24) is 5.32 Å². The standard InChI is InChI=1S/C23H19FN2O2S/c24-19-9-6-16(7-10-19)13-25-23(28)18-8-11-21-20(12-18)26(22(27)15-29-21)14-17-4-2-1-3-5-17/h1-12H,13-15H2,(H,25,28). The van der Waals surface area contributed by atoms with Gasteiger partial charge in [0.2, 0.25) is 5.91 Å². The molecule has 0 unspecified atom stereocenters. The lowest BCUT2D eigenvalue weighted by atomic mass is 10.1. The third-order valence-corrected chi connectivity index (χ3v) is 5.76. The molecule has 2 amide bonds. The van der Waals surface area contributed by atoms with Crippen LogP contribution in [-0.2, 0) is 17.9 Å². The molecule has 1 heterocycles. The fourth-order valence-corrected chi connectivity index (χ4v) is 4.09. The Morgan fingerprint density at radius 3 is 2.52 bits per heavy atom. The number of rotatable bonds is 5. The van der Waals surface area contributed by atoms with Crippen molar-refractivity contribution >= 4 is 29.3 Å². The minimum Gasteiger partial charge on any atom is -0.348 e. The van der Waals surface area contributed by atoms with E-state index in [4.69, 9.17) is 0 Å². The van der Waals surface area contributed by atoms with Crippen molar-refractivity contribution in [2.24, 2.45) is 0 Å². The molecule has 4 nitrogen and oxygen atoms in total. The maximum atomic E-state index is 13.0. The molecule has 4 rings (SSSR count). The number of anilines is 1. The molecule has 3 aromatic carbocycles. The summed E-state index contributed by atoms with van der Waals surface area (Å²) in [5.74, 6) is -0.138. The highest BCUT2D eigenvalue weighted by Crippen LogP contribution is 2.36. The highest BCUT2D eigenvalue weighted by molar-refractivity contribution is 8.00. The molecule has 0 radical (unpaired) electrons. The molecule has 0 aromatic heterocycles. The number of hydrogen-bond acceptors (Lipinski definition) is 3. The van der Waals surface area contributed by atoms with Crippen LogP contribution in [-0.4, -0.2) is 17.6 Å². The Balaban J connectivity index is 1.53. The average Bonchev–Trinajstić information content (AvgIpc) is 2.75. The van der Waals surface area contributed by atoms with Crippen LogP contribution >= 0.6 is 11.8 Å². The smallest absolute Gasteiger partial charge is 0.251 e. The number of nitrogens with zero attached hydrogens (tertiary/aromatic N) is 1. The first kappa shape index (κ1) is 19.2. The quantitative estimate of drug-likeness (QED) is 0.684. The molecule has 3 aromatic rings. The van der Waals surface area contributed by atoms with E-state index in [0.29, 0.717) is 24.4 Å². The molecular formula is C23H19FN2O2S. The summed E-state index contributed by atoms with van der Waals surface area (Å²) in [5.41, 5.74) is 3.09. The molecule has 6 heteroatoms. The van der Waals surface area contributed by atoms with Gasteiger partial charge in [0.15, 0.2) is 0 Å². The summed E-state index contributed by atoms with van der Waals surface area (Å²) in [7, 11) is 0. The van der Waals surface area contributed by atoms with Crippen LogP contribution < -0.4 is 10.2 Å². The van der Waals surface area contributed by atoms with Gasteiger partial charge in [-0.25, -0.2) is 4.39 Å². The lowest BCUT2D eigenvalue weighted by Crippen LogP contribution is -2.35. The van der Waals surface area contributed by atoms with Gasteiger partial charge >= 0.3 is 0 Å². The fraction of sp³-hybridized carbons (Fsp3) is 0.130. The summed E-state index contributed by atoms with van der Waals surface area (Å²) >= 11 is 1.48. The second-order valence-corrected chi connectivity index (χ2v) is 7.76. The van der Waals surface area contributed by atoms with Gasteiger partial charge in [0.05, 0.1) is 18.0 Å². The van der Waals surface area contributed by atoms with Crippen LogP contribution in [0.4, 0.5) is 10.1 Å². The van der Waals surface area contributed by atoms with Crippen LogP contribution in [0.1, 0.15) is 21.5 Å². The van der Waals surface area contributed by atoms with Gasteiger partial charge in [-0.3, -0.25) is 9.59 Å². The maximum absolute atomic E-state index is 13.0. The highest BCUT2D eigenvalue weighted by atomic mass is 32.2. The lowest BCUT2D eigenvalue weighted by Gasteiger charge is -2.29. The molecule has 0 saturated carbocycles. The highest BCUT2D eigenvalue weighted by Gasteiger charge is 2.26. The second-order valence-electron chi connectivity index (χ2n) is 6.75. The number of benzene rings is 3. The Labute approximate surface area is 172 Å². The van der Waals surface area contributed by atoms with E-state index >= 15 is 0 Å². The molecule has 0 saturated heterocycles. The summed E-state index contributed by atoms with van der Waals surface area (Å²) in [6.07, 6.45) is 0. The van der Waals surface area contributed by atoms with Crippen molar-refractivity contribution in [2.45, 2.75) is 18.0 Å². The van der Waals surface area contributed by atoms with Gasteiger partial charge in [0.1, 0.15) is 5.82 Å². The molecule has 1 aliphatic heterocycles. The van der Waals surface area contributed by atoms with Crippen molar-refractivity contribution < 1.29 is 14.0 Å². The van der Waals surface area contributed by atoms with Crippen LogP contribution in [0.15, 0.2) is 77.7 Å². The van der Waals surface area contributed by atoms with Crippen LogP contribution in [0.5, 0.6) is 0 Å². The van der Waals surface area contributed by atoms with Gasteiger partial charge in [-0.1, -0.05) is 42.5 Å². The van der Waals surface area contributed by atoms with Crippen molar-refractivity contribution in [3.05, 3.63) is 95.3 Å². The Morgan fingerprint density at radius 1 is 1.00 bits per heavy atom. The van der Waals surface area contributed by atoms with Gasteiger partial charge in [0, 0.05) is 17.0 Å². The third kappa shape index (κ3) is 4.49. The summed E-state index contributed by atoms with van der Waals surface area (Å²) in [6.45, 7) is 0.769. The first-order chi connectivity index (χ1) is 14.1. The molecule has 1 aliphatic rings. The number of hydrogen-bond donors (Lipinski definition) is 1. The normalized spacial score (nSPS) is 13.1. The fourth-order valence-electron chi connectivity index (χ4n) is 3.17. The molecule has 29 heavy (non-hydrogen) atoms. The van der Waals surface area contributed by atoms with Gasteiger partial charge in [-0.2, -0.15) is 0 Å². The molecule has 0 spiro atoms. The van der Waals surface area contributed by atoms with E-state index in [1.165, 1.54) is 23.9 Å². The predicted octanol–water partition coefficient (Wildman–Crippen LogP) is 4.39. The molecule has 1 N–H and O–H groups in total. The second kappa shape index (κ2) is 8.49.